The quantitative estimate of drug-likeness (QED) is 0.358. The Morgan fingerprint density at radius 2 is 1.68 bits per heavy atom. The number of fused-ring (bicyclic) bond motifs is 1. The number of nitrogens with one attached hydrogen (secondary N) is 1. The van der Waals surface area contributed by atoms with Gasteiger partial charge in [0.25, 0.3) is 5.91 Å². The van der Waals surface area contributed by atoms with E-state index in [1.807, 2.05) is 72.7 Å². The van der Waals surface area contributed by atoms with Gasteiger partial charge in [-0.05, 0) is 44.0 Å². The molecule has 0 unspecified atom stereocenters. The zero-order valence-electron chi connectivity index (χ0n) is 20.4. The van der Waals surface area contributed by atoms with E-state index < -0.39 is 12.1 Å². The van der Waals surface area contributed by atoms with Gasteiger partial charge in [-0.15, -0.1) is 0 Å². The van der Waals surface area contributed by atoms with Gasteiger partial charge < -0.3 is 15.3 Å². The first-order chi connectivity index (χ1) is 18.1. The lowest BCUT2D eigenvalue weighted by atomic mass is 10.0. The Morgan fingerprint density at radius 1 is 0.974 bits per heavy atom. The second-order valence-electron chi connectivity index (χ2n) is 8.63. The van der Waals surface area contributed by atoms with Crippen LogP contribution in [0.5, 0.6) is 0 Å². The van der Waals surface area contributed by atoms with Gasteiger partial charge >= 0.3 is 12.1 Å². The summed E-state index contributed by atoms with van der Waals surface area (Å²) in [6.07, 6.45) is 0.753. The van der Waals surface area contributed by atoms with Crippen LogP contribution in [0.3, 0.4) is 0 Å². The number of aliphatic carboxylic acids is 1. The van der Waals surface area contributed by atoms with Crippen molar-refractivity contribution >= 4 is 34.4 Å². The number of carboxylic acids is 1. The fraction of sp³-hybridized carbons (Fsp3) is 0.222. The maximum absolute atomic E-state index is 12.7. The van der Waals surface area contributed by atoms with Gasteiger partial charge in [-0.3, -0.25) is 9.78 Å². The molecule has 1 amide bonds. The Kier molecular flexibility index (Phi) is 7.85. The molecule has 38 heavy (non-hydrogen) atoms. The van der Waals surface area contributed by atoms with Crippen molar-refractivity contribution in [3.63, 3.8) is 0 Å². The van der Waals surface area contributed by atoms with Gasteiger partial charge in [-0.1, -0.05) is 30.3 Å². The monoisotopic (exact) mass is 523 g/mol. The lowest BCUT2D eigenvalue weighted by molar-refractivity contribution is -0.192. The van der Waals surface area contributed by atoms with E-state index in [1.54, 1.807) is 0 Å². The van der Waals surface area contributed by atoms with E-state index in [9.17, 15) is 18.0 Å². The van der Waals surface area contributed by atoms with Crippen molar-refractivity contribution in [1.29, 1.82) is 0 Å². The van der Waals surface area contributed by atoms with Gasteiger partial charge in [0, 0.05) is 58.9 Å². The van der Waals surface area contributed by atoms with Crippen molar-refractivity contribution < 1.29 is 27.9 Å². The highest BCUT2D eigenvalue weighted by molar-refractivity contribution is 5.96. The first kappa shape index (κ1) is 26.5. The Morgan fingerprint density at radius 3 is 2.34 bits per heavy atom. The molecule has 8 nitrogen and oxygen atoms in total. The molecule has 11 heteroatoms. The Labute approximate surface area is 216 Å². The van der Waals surface area contributed by atoms with Crippen LogP contribution >= 0.6 is 0 Å². The minimum Gasteiger partial charge on any atom is -0.475 e. The molecule has 2 aromatic carbocycles. The summed E-state index contributed by atoms with van der Waals surface area (Å²) in [5.74, 6) is -2.19. The van der Waals surface area contributed by atoms with Crippen molar-refractivity contribution in [3.8, 4) is 11.1 Å². The minimum absolute atomic E-state index is 0.0785. The Balaban J connectivity index is 0.000000426. The van der Waals surface area contributed by atoms with Crippen LogP contribution < -0.4 is 5.32 Å². The summed E-state index contributed by atoms with van der Waals surface area (Å²) >= 11 is 0. The molecule has 2 aromatic heterocycles. The highest BCUT2D eigenvalue weighted by atomic mass is 19.4. The van der Waals surface area contributed by atoms with Gasteiger partial charge in [0.2, 0.25) is 5.95 Å². The summed E-state index contributed by atoms with van der Waals surface area (Å²) in [6, 6.07) is 17.6. The number of anilines is 2. The van der Waals surface area contributed by atoms with Gasteiger partial charge in [0.05, 0.1) is 5.52 Å². The summed E-state index contributed by atoms with van der Waals surface area (Å²) in [6.45, 7) is 3.64. The summed E-state index contributed by atoms with van der Waals surface area (Å²) in [5, 5.41) is 11.3. The Hall–Kier alpha value is -4.54. The van der Waals surface area contributed by atoms with Crippen LogP contribution in [0.4, 0.5) is 24.8 Å². The van der Waals surface area contributed by atoms with Crippen LogP contribution in [0.15, 0.2) is 67.0 Å². The molecule has 2 N–H and O–H groups in total. The van der Waals surface area contributed by atoms with Crippen LogP contribution in [-0.4, -0.2) is 56.1 Å². The van der Waals surface area contributed by atoms with E-state index in [0.717, 1.165) is 59.3 Å². The number of para-hydroxylation sites is 1. The average Bonchev–Trinajstić information content (AvgIpc) is 3.44. The second kappa shape index (κ2) is 11.2. The lowest BCUT2D eigenvalue weighted by Crippen LogP contribution is -2.27. The molecule has 1 saturated heterocycles. The molecule has 1 aliphatic rings. The van der Waals surface area contributed by atoms with Crippen molar-refractivity contribution in [2.75, 3.05) is 18.4 Å². The largest absolute Gasteiger partial charge is 0.490 e. The highest BCUT2D eigenvalue weighted by Crippen LogP contribution is 2.28. The summed E-state index contributed by atoms with van der Waals surface area (Å²) in [4.78, 5) is 37.2. The number of carbonyl (C=O) groups excluding carboxylic acids is 1. The van der Waals surface area contributed by atoms with Crippen LogP contribution in [0, 0.1) is 6.92 Å². The molecule has 196 valence electrons. The summed E-state index contributed by atoms with van der Waals surface area (Å²) < 4.78 is 31.7. The molecule has 5 rings (SSSR count). The van der Waals surface area contributed by atoms with Crippen LogP contribution in [0.1, 0.15) is 28.9 Å². The van der Waals surface area contributed by atoms with Crippen LogP contribution in [-0.2, 0) is 4.79 Å². The molecule has 0 radical (unpaired) electrons. The topological polar surface area (TPSA) is 108 Å². The number of carboxylic acid groups (broad SMARTS) is 1. The number of rotatable bonds is 4. The molecule has 1 fully saturated rings. The molecular weight excluding hydrogens is 499 g/mol. The number of carbonyl (C=O) groups is 2. The van der Waals surface area contributed by atoms with Gasteiger partial charge in [-0.25, -0.2) is 14.8 Å². The maximum Gasteiger partial charge on any atom is 0.490 e. The van der Waals surface area contributed by atoms with Crippen molar-refractivity contribution in [2.45, 2.75) is 25.9 Å². The van der Waals surface area contributed by atoms with Crippen molar-refractivity contribution in [2.24, 2.45) is 0 Å². The molecular formula is C27H24F3N5O3. The molecule has 0 aliphatic carbocycles. The van der Waals surface area contributed by atoms with E-state index in [2.05, 4.69) is 21.4 Å². The molecule has 0 bridgehead atoms. The first-order valence-electron chi connectivity index (χ1n) is 11.8. The fourth-order valence-electron chi connectivity index (χ4n) is 3.94. The lowest BCUT2D eigenvalue weighted by Gasteiger charge is -2.16. The summed E-state index contributed by atoms with van der Waals surface area (Å²) in [7, 11) is 0. The molecule has 0 spiro atoms. The number of pyridine rings is 1. The number of aryl methyl sites for hydroxylation is 1. The smallest absolute Gasteiger partial charge is 0.475 e. The van der Waals surface area contributed by atoms with E-state index in [0.29, 0.717) is 11.5 Å². The highest BCUT2D eigenvalue weighted by Gasteiger charge is 2.38. The number of hydrogen-bond donors (Lipinski definition) is 2. The van der Waals surface area contributed by atoms with E-state index >= 15 is 0 Å². The van der Waals surface area contributed by atoms with Gasteiger partial charge in [0.1, 0.15) is 0 Å². The molecule has 0 atom stereocenters. The zero-order valence-corrected chi connectivity index (χ0v) is 20.4. The van der Waals surface area contributed by atoms with Crippen LogP contribution in [0.2, 0.25) is 0 Å². The summed E-state index contributed by atoms with van der Waals surface area (Å²) in [5.41, 5.74) is 5.32. The number of amides is 1. The average molecular weight is 524 g/mol. The van der Waals surface area contributed by atoms with Crippen molar-refractivity contribution in [3.05, 3.63) is 78.2 Å². The van der Waals surface area contributed by atoms with Gasteiger partial charge in [0.15, 0.2) is 0 Å². The molecule has 1 aliphatic heterocycles. The van der Waals surface area contributed by atoms with E-state index in [4.69, 9.17) is 14.9 Å². The Bertz CT molecular complexity index is 1450. The van der Waals surface area contributed by atoms with Gasteiger partial charge in [-0.2, -0.15) is 13.2 Å². The number of benzene rings is 2. The third-order valence-corrected chi connectivity index (χ3v) is 5.83. The minimum atomic E-state index is -5.08. The third kappa shape index (κ3) is 6.41. The SMILES string of the molecule is Cc1ccc(-c2cccc3cnc(Nc4cccc(C(=O)N5CCCC5)c4)nc23)cn1.O=C(O)C(F)(F)F. The second-order valence-corrected chi connectivity index (χ2v) is 8.63. The van der Waals surface area contributed by atoms with Crippen molar-refractivity contribution in [1.82, 2.24) is 19.9 Å². The molecule has 0 saturated carbocycles. The number of aromatic nitrogens is 3. The number of alkyl halides is 3. The molecule has 4 aromatic rings. The first-order valence-corrected chi connectivity index (χ1v) is 11.8. The fourth-order valence-corrected chi connectivity index (χ4v) is 3.94. The third-order valence-electron chi connectivity index (χ3n) is 5.83. The normalized spacial score (nSPS) is 13.1. The number of halogens is 3. The number of likely N-dealkylation sites (tertiary alicyclic amines) is 1. The van der Waals surface area contributed by atoms with E-state index in [1.165, 1.54) is 0 Å². The standard InChI is InChI=1S/C25H23N5O.C2HF3O2/c1-17-10-11-19(15-26-17)22-9-5-7-20-16-27-25(29-23(20)22)28-21-8-4-6-18(14-21)24(31)30-12-2-3-13-30;3-2(4,5)1(6)7/h4-11,14-16H,2-3,12-13H2,1H3,(H,27,28,29);(H,6,7). The molecule has 3 heterocycles. The maximum atomic E-state index is 12.7. The predicted octanol–water partition coefficient (Wildman–Crippen LogP) is 5.61. The number of nitrogens with zero attached hydrogens (tertiary/aromatic N) is 4. The zero-order chi connectivity index (χ0) is 27.3. The van der Waals surface area contributed by atoms with E-state index in [-0.39, 0.29) is 5.91 Å². The predicted molar refractivity (Wildman–Crippen MR) is 136 cm³/mol. The van der Waals surface area contributed by atoms with Crippen LogP contribution in [0.25, 0.3) is 22.0 Å². The number of hydrogen-bond acceptors (Lipinski definition) is 6.